The molecule has 0 radical (unpaired) electrons. The maximum Gasteiger partial charge on any atom is 0.0618 e. The Labute approximate surface area is 92.9 Å². The third kappa shape index (κ3) is 6.68. The summed E-state index contributed by atoms with van der Waals surface area (Å²) in [5, 5.41) is 12.7. The van der Waals surface area contributed by atoms with Gasteiger partial charge in [0, 0.05) is 16.0 Å². The summed E-state index contributed by atoms with van der Waals surface area (Å²) in [7, 11) is 0. The summed E-state index contributed by atoms with van der Waals surface area (Å²) in [6.07, 6.45) is 1.11. The van der Waals surface area contributed by atoms with Gasteiger partial charge >= 0.3 is 0 Å². The van der Waals surface area contributed by atoms with Crippen molar-refractivity contribution in [1.82, 2.24) is 5.32 Å². The van der Waals surface area contributed by atoms with Gasteiger partial charge in [0.1, 0.15) is 0 Å². The number of hydrogen-bond acceptors (Lipinski definition) is 3. The summed E-state index contributed by atoms with van der Waals surface area (Å²) in [5.41, 5.74) is -0.131. The standard InChI is InChI=1S/C11H25NOS/c1-6-7-12-11(5,8-13)9-14-10(2,3)4/h12-13H,6-9H2,1-5H3. The summed E-state index contributed by atoms with van der Waals surface area (Å²) in [6.45, 7) is 12.0. The van der Waals surface area contributed by atoms with Gasteiger partial charge in [0.15, 0.2) is 0 Å². The third-order valence-corrected chi connectivity index (χ3v) is 3.62. The zero-order chi connectivity index (χ0) is 11.2. The van der Waals surface area contributed by atoms with E-state index in [1.165, 1.54) is 0 Å². The minimum absolute atomic E-state index is 0.131. The Bertz CT molecular complexity index is 156. The summed E-state index contributed by atoms with van der Waals surface area (Å²) in [5.74, 6) is 0.951. The minimum Gasteiger partial charge on any atom is -0.394 e. The van der Waals surface area contributed by atoms with Crippen LogP contribution in [0.4, 0.5) is 0 Å². The largest absolute Gasteiger partial charge is 0.394 e. The molecule has 0 amide bonds. The molecule has 0 saturated carbocycles. The summed E-state index contributed by atoms with van der Waals surface area (Å²) < 4.78 is 0.268. The topological polar surface area (TPSA) is 32.3 Å². The molecule has 1 atom stereocenters. The van der Waals surface area contributed by atoms with Crippen LogP contribution in [-0.2, 0) is 0 Å². The van der Waals surface area contributed by atoms with Crippen molar-refractivity contribution in [2.75, 3.05) is 18.9 Å². The van der Waals surface area contributed by atoms with E-state index >= 15 is 0 Å². The van der Waals surface area contributed by atoms with Gasteiger partial charge in [-0.1, -0.05) is 27.7 Å². The Morgan fingerprint density at radius 2 is 1.79 bits per heavy atom. The summed E-state index contributed by atoms with van der Waals surface area (Å²) in [4.78, 5) is 0. The number of aliphatic hydroxyl groups is 1. The number of hydrogen-bond donors (Lipinski definition) is 2. The highest BCUT2D eigenvalue weighted by Gasteiger charge is 2.25. The Morgan fingerprint density at radius 3 is 2.14 bits per heavy atom. The molecule has 2 nitrogen and oxygen atoms in total. The van der Waals surface area contributed by atoms with Gasteiger partial charge in [0.25, 0.3) is 0 Å². The van der Waals surface area contributed by atoms with Crippen LogP contribution in [0.2, 0.25) is 0 Å². The Hall–Kier alpha value is 0.270. The molecule has 0 aliphatic heterocycles. The Balaban J connectivity index is 3.98. The average Bonchev–Trinajstić information content (AvgIpc) is 2.10. The number of thioether (sulfide) groups is 1. The molecular weight excluding hydrogens is 194 g/mol. The van der Waals surface area contributed by atoms with E-state index in [0.717, 1.165) is 18.7 Å². The molecule has 14 heavy (non-hydrogen) atoms. The molecular formula is C11H25NOS. The van der Waals surface area contributed by atoms with Crippen molar-refractivity contribution in [1.29, 1.82) is 0 Å². The fourth-order valence-corrected chi connectivity index (χ4v) is 1.90. The zero-order valence-corrected chi connectivity index (χ0v) is 11.0. The fourth-order valence-electron chi connectivity index (χ4n) is 0.955. The number of nitrogens with one attached hydrogen (secondary N) is 1. The first-order valence-electron chi connectivity index (χ1n) is 5.33. The van der Waals surface area contributed by atoms with Crippen molar-refractivity contribution in [3.8, 4) is 0 Å². The first kappa shape index (κ1) is 14.3. The van der Waals surface area contributed by atoms with Crippen molar-refractivity contribution in [3.05, 3.63) is 0 Å². The third-order valence-electron chi connectivity index (χ3n) is 1.97. The molecule has 0 fully saturated rings. The predicted molar refractivity (Wildman–Crippen MR) is 66.0 cm³/mol. The highest BCUT2D eigenvalue weighted by atomic mass is 32.2. The molecule has 3 heteroatoms. The zero-order valence-electron chi connectivity index (χ0n) is 10.2. The number of rotatable bonds is 6. The maximum absolute atomic E-state index is 9.33. The lowest BCUT2D eigenvalue weighted by Gasteiger charge is -2.31. The second-order valence-corrected chi connectivity index (χ2v) is 6.85. The van der Waals surface area contributed by atoms with Gasteiger partial charge in [0.2, 0.25) is 0 Å². The van der Waals surface area contributed by atoms with Crippen LogP contribution in [0.1, 0.15) is 41.0 Å². The second kappa shape index (κ2) is 5.99. The van der Waals surface area contributed by atoms with Crippen molar-refractivity contribution in [2.45, 2.75) is 51.3 Å². The van der Waals surface area contributed by atoms with E-state index in [0.29, 0.717) is 0 Å². The highest BCUT2D eigenvalue weighted by Crippen LogP contribution is 2.26. The van der Waals surface area contributed by atoms with Crippen LogP contribution in [0.5, 0.6) is 0 Å². The van der Waals surface area contributed by atoms with E-state index in [-0.39, 0.29) is 16.9 Å². The quantitative estimate of drug-likeness (QED) is 0.719. The highest BCUT2D eigenvalue weighted by molar-refractivity contribution is 8.00. The first-order chi connectivity index (χ1) is 6.33. The Morgan fingerprint density at radius 1 is 1.21 bits per heavy atom. The van der Waals surface area contributed by atoms with E-state index in [1.54, 1.807) is 0 Å². The summed E-state index contributed by atoms with van der Waals surface area (Å²) in [6, 6.07) is 0. The summed E-state index contributed by atoms with van der Waals surface area (Å²) >= 11 is 1.89. The van der Waals surface area contributed by atoms with Crippen LogP contribution >= 0.6 is 11.8 Å². The molecule has 2 N–H and O–H groups in total. The van der Waals surface area contributed by atoms with E-state index in [4.69, 9.17) is 0 Å². The van der Waals surface area contributed by atoms with Crippen molar-refractivity contribution < 1.29 is 5.11 Å². The Kier molecular flexibility index (Phi) is 6.10. The second-order valence-electron chi connectivity index (χ2n) is 5.05. The van der Waals surface area contributed by atoms with E-state index < -0.39 is 0 Å². The molecule has 0 rings (SSSR count). The van der Waals surface area contributed by atoms with Gasteiger partial charge in [-0.15, -0.1) is 0 Å². The van der Waals surface area contributed by atoms with Gasteiger partial charge in [-0.05, 0) is 19.9 Å². The van der Waals surface area contributed by atoms with Crippen LogP contribution < -0.4 is 5.32 Å². The molecule has 0 aromatic heterocycles. The lowest BCUT2D eigenvalue weighted by Crippen LogP contribution is -2.49. The van der Waals surface area contributed by atoms with Gasteiger partial charge in [-0.2, -0.15) is 11.8 Å². The van der Waals surface area contributed by atoms with Crippen molar-refractivity contribution in [2.24, 2.45) is 0 Å². The monoisotopic (exact) mass is 219 g/mol. The SMILES string of the molecule is CCCNC(C)(CO)CSC(C)(C)C. The molecule has 0 aromatic carbocycles. The molecule has 0 heterocycles. The molecule has 0 aliphatic carbocycles. The fraction of sp³-hybridized carbons (Fsp3) is 1.00. The molecule has 0 saturated heterocycles. The van der Waals surface area contributed by atoms with Crippen LogP contribution in [0.25, 0.3) is 0 Å². The lowest BCUT2D eigenvalue weighted by atomic mass is 10.1. The van der Waals surface area contributed by atoms with Crippen molar-refractivity contribution >= 4 is 11.8 Å². The van der Waals surface area contributed by atoms with Gasteiger partial charge in [-0.3, -0.25) is 0 Å². The maximum atomic E-state index is 9.33. The predicted octanol–water partition coefficient (Wildman–Crippen LogP) is 2.27. The smallest absolute Gasteiger partial charge is 0.0618 e. The molecule has 86 valence electrons. The minimum atomic E-state index is -0.131. The number of aliphatic hydroxyl groups excluding tert-OH is 1. The first-order valence-corrected chi connectivity index (χ1v) is 6.31. The van der Waals surface area contributed by atoms with E-state index in [2.05, 4.69) is 39.9 Å². The molecule has 0 aromatic rings. The van der Waals surface area contributed by atoms with E-state index in [1.807, 2.05) is 11.8 Å². The van der Waals surface area contributed by atoms with Gasteiger partial charge in [-0.25, -0.2) is 0 Å². The van der Waals surface area contributed by atoms with E-state index in [9.17, 15) is 5.11 Å². The molecule has 1 unspecified atom stereocenters. The van der Waals surface area contributed by atoms with Crippen LogP contribution in [-0.4, -0.2) is 34.3 Å². The van der Waals surface area contributed by atoms with Crippen LogP contribution in [0.3, 0.4) is 0 Å². The molecule has 0 bridgehead atoms. The molecule has 0 aliphatic rings. The molecule has 0 spiro atoms. The average molecular weight is 219 g/mol. The van der Waals surface area contributed by atoms with Gasteiger partial charge in [0.05, 0.1) is 6.61 Å². The van der Waals surface area contributed by atoms with Gasteiger partial charge < -0.3 is 10.4 Å². The van der Waals surface area contributed by atoms with Crippen molar-refractivity contribution in [3.63, 3.8) is 0 Å². The van der Waals surface area contributed by atoms with Crippen LogP contribution in [0, 0.1) is 0 Å². The normalized spacial score (nSPS) is 16.7. The lowest BCUT2D eigenvalue weighted by molar-refractivity contribution is 0.192. The van der Waals surface area contributed by atoms with Crippen LogP contribution in [0.15, 0.2) is 0 Å².